The van der Waals surface area contributed by atoms with E-state index in [1.807, 2.05) is 21.0 Å². The summed E-state index contributed by atoms with van der Waals surface area (Å²) >= 11 is 0. The first-order chi connectivity index (χ1) is 10.9. The van der Waals surface area contributed by atoms with Crippen LogP contribution in [0.4, 0.5) is 5.69 Å². The van der Waals surface area contributed by atoms with Crippen molar-refractivity contribution >= 4 is 11.7 Å². The summed E-state index contributed by atoms with van der Waals surface area (Å²) in [7, 11) is 4.01. The van der Waals surface area contributed by atoms with Gasteiger partial charge < -0.3 is 20.1 Å². The Bertz CT molecular complexity index is 503. The van der Waals surface area contributed by atoms with Crippen LogP contribution in [0.3, 0.4) is 0 Å². The van der Waals surface area contributed by atoms with Crippen molar-refractivity contribution in [3.63, 3.8) is 0 Å². The summed E-state index contributed by atoms with van der Waals surface area (Å²) in [5.41, 5.74) is 6.77. The normalized spacial score (nSPS) is 13.7. The standard InChI is InChI=1S/C18H30N2O3/c1-6-10-22-17-11-14(19)8-9-15(17)18(21)23-12-16(20(4)5)13(3)7-2/h8-9,11,13,16H,6-7,10,12,19H2,1-5H3. The van der Waals surface area contributed by atoms with Gasteiger partial charge in [-0.3, -0.25) is 0 Å². The summed E-state index contributed by atoms with van der Waals surface area (Å²) in [4.78, 5) is 14.5. The van der Waals surface area contributed by atoms with E-state index in [0.29, 0.717) is 36.1 Å². The molecule has 0 radical (unpaired) electrons. The molecular formula is C18H30N2O3. The van der Waals surface area contributed by atoms with Crippen LogP contribution in [0.1, 0.15) is 44.0 Å². The Balaban J connectivity index is 2.80. The number of hydrogen-bond donors (Lipinski definition) is 1. The molecule has 2 N–H and O–H groups in total. The van der Waals surface area contributed by atoms with Gasteiger partial charge in [0, 0.05) is 17.8 Å². The van der Waals surface area contributed by atoms with Crippen LogP contribution in [0.5, 0.6) is 5.75 Å². The molecule has 5 nitrogen and oxygen atoms in total. The SMILES string of the molecule is CCCOc1cc(N)ccc1C(=O)OCC(C(C)CC)N(C)C. The molecule has 0 aliphatic heterocycles. The molecule has 0 saturated carbocycles. The molecular weight excluding hydrogens is 292 g/mol. The highest BCUT2D eigenvalue weighted by Gasteiger charge is 2.22. The van der Waals surface area contributed by atoms with Gasteiger partial charge >= 0.3 is 5.97 Å². The van der Waals surface area contributed by atoms with Crippen molar-refractivity contribution in [2.45, 2.75) is 39.7 Å². The van der Waals surface area contributed by atoms with Crippen molar-refractivity contribution in [2.75, 3.05) is 33.0 Å². The number of nitrogens with zero attached hydrogens (tertiary/aromatic N) is 1. The molecule has 23 heavy (non-hydrogen) atoms. The smallest absolute Gasteiger partial charge is 0.341 e. The first-order valence-electron chi connectivity index (χ1n) is 8.26. The molecule has 5 heteroatoms. The zero-order chi connectivity index (χ0) is 17.4. The number of nitrogens with two attached hydrogens (primary N) is 1. The number of benzene rings is 1. The highest BCUT2D eigenvalue weighted by atomic mass is 16.5. The maximum absolute atomic E-state index is 12.4. The number of ether oxygens (including phenoxy) is 2. The quantitative estimate of drug-likeness (QED) is 0.559. The maximum Gasteiger partial charge on any atom is 0.341 e. The minimum atomic E-state index is -0.369. The largest absolute Gasteiger partial charge is 0.493 e. The Morgan fingerprint density at radius 3 is 2.57 bits per heavy atom. The van der Waals surface area contributed by atoms with Gasteiger partial charge in [0.1, 0.15) is 17.9 Å². The Kier molecular flexibility index (Phi) is 7.89. The van der Waals surface area contributed by atoms with E-state index in [4.69, 9.17) is 15.2 Å². The minimum Gasteiger partial charge on any atom is -0.493 e. The lowest BCUT2D eigenvalue weighted by Gasteiger charge is -2.29. The Hall–Kier alpha value is -1.75. The first-order valence-corrected chi connectivity index (χ1v) is 8.26. The third kappa shape index (κ3) is 5.75. The van der Waals surface area contributed by atoms with Crippen LogP contribution < -0.4 is 10.5 Å². The lowest BCUT2D eigenvalue weighted by Crippen LogP contribution is -2.38. The van der Waals surface area contributed by atoms with Crippen LogP contribution in [-0.2, 0) is 4.74 Å². The van der Waals surface area contributed by atoms with Crippen molar-refractivity contribution in [2.24, 2.45) is 5.92 Å². The van der Waals surface area contributed by atoms with Crippen LogP contribution >= 0.6 is 0 Å². The summed E-state index contributed by atoms with van der Waals surface area (Å²) in [5, 5.41) is 0. The Morgan fingerprint density at radius 1 is 1.30 bits per heavy atom. The molecule has 0 spiro atoms. The molecule has 0 fully saturated rings. The van der Waals surface area contributed by atoms with Gasteiger partial charge in [-0.05, 0) is 38.6 Å². The van der Waals surface area contributed by atoms with E-state index in [0.717, 1.165) is 12.8 Å². The van der Waals surface area contributed by atoms with Crippen molar-refractivity contribution in [1.82, 2.24) is 4.90 Å². The van der Waals surface area contributed by atoms with E-state index in [1.165, 1.54) is 0 Å². The van der Waals surface area contributed by atoms with E-state index in [2.05, 4.69) is 18.7 Å². The van der Waals surface area contributed by atoms with E-state index in [1.54, 1.807) is 18.2 Å². The lowest BCUT2D eigenvalue weighted by molar-refractivity contribution is 0.0332. The Morgan fingerprint density at radius 2 is 2.00 bits per heavy atom. The second kappa shape index (κ2) is 9.40. The third-order valence-corrected chi connectivity index (χ3v) is 4.04. The zero-order valence-electron chi connectivity index (χ0n) is 15.0. The van der Waals surface area contributed by atoms with Crippen LogP contribution in [0.25, 0.3) is 0 Å². The molecule has 2 unspecified atom stereocenters. The summed E-state index contributed by atoms with van der Waals surface area (Å²) in [6.45, 7) is 7.21. The number of hydrogen-bond acceptors (Lipinski definition) is 5. The molecule has 0 aliphatic rings. The van der Waals surface area contributed by atoms with E-state index in [9.17, 15) is 4.79 Å². The number of rotatable bonds is 9. The third-order valence-electron chi connectivity index (χ3n) is 4.04. The fraction of sp³-hybridized carbons (Fsp3) is 0.611. The highest BCUT2D eigenvalue weighted by Crippen LogP contribution is 2.23. The fourth-order valence-electron chi connectivity index (χ4n) is 2.37. The number of likely N-dealkylation sites (N-methyl/N-ethyl adjacent to an activating group) is 1. The van der Waals surface area contributed by atoms with Gasteiger partial charge in [0.25, 0.3) is 0 Å². The number of esters is 1. The molecule has 1 aromatic carbocycles. The van der Waals surface area contributed by atoms with Crippen molar-refractivity contribution in [1.29, 1.82) is 0 Å². The molecule has 1 rings (SSSR count). The van der Waals surface area contributed by atoms with Crippen LogP contribution in [-0.4, -0.2) is 44.2 Å². The van der Waals surface area contributed by atoms with Gasteiger partial charge in [0.2, 0.25) is 0 Å². The second-order valence-corrected chi connectivity index (χ2v) is 6.12. The molecule has 0 aromatic heterocycles. The van der Waals surface area contributed by atoms with Gasteiger partial charge in [-0.2, -0.15) is 0 Å². The van der Waals surface area contributed by atoms with Crippen molar-refractivity contribution < 1.29 is 14.3 Å². The van der Waals surface area contributed by atoms with Crippen LogP contribution in [0.2, 0.25) is 0 Å². The Labute approximate surface area is 139 Å². The number of nitrogen functional groups attached to an aromatic ring is 1. The van der Waals surface area contributed by atoms with Gasteiger partial charge in [0.05, 0.1) is 6.61 Å². The average molecular weight is 322 g/mol. The molecule has 0 heterocycles. The van der Waals surface area contributed by atoms with E-state index < -0.39 is 0 Å². The van der Waals surface area contributed by atoms with Gasteiger partial charge in [0.15, 0.2) is 0 Å². The van der Waals surface area contributed by atoms with E-state index in [-0.39, 0.29) is 12.0 Å². The maximum atomic E-state index is 12.4. The molecule has 0 aliphatic carbocycles. The van der Waals surface area contributed by atoms with Crippen molar-refractivity contribution in [3.05, 3.63) is 23.8 Å². The predicted molar refractivity (Wildman–Crippen MR) is 93.9 cm³/mol. The predicted octanol–water partition coefficient (Wildman–Crippen LogP) is 3.19. The van der Waals surface area contributed by atoms with Gasteiger partial charge in [-0.1, -0.05) is 27.2 Å². The number of carbonyl (C=O) groups excluding carboxylic acids is 1. The molecule has 0 amide bonds. The molecule has 0 saturated heterocycles. The average Bonchev–Trinajstić information content (AvgIpc) is 2.52. The van der Waals surface area contributed by atoms with Gasteiger partial charge in [-0.15, -0.1) is 0 Å². The summed E-state index contributed by atoms with van der Waals surface area (Å²) in [6.07, 6.45) is 1.90. The molecule has 2 atom stereocenters. The van der Waals surface area contributed by atoms with Crippen molar-refractivity contribution in [3.8, 4) is 5.75 Å². The monoisotopic (exact) mass is 322 g/mol. The fourth-order valence-corrected chi connectivity index (χ4v) is 2.37. The van der Waals surface area contributed by atoms with Crippen LogP contribution in [0.15, 0.2) is 18.2 Å². The minimum absolute atomic E-state index is 0.192. The van der Waals surface area contributed by atoms with Gasteiger partial charge in [-0.25, -0.2) is 4.79 Å². The number of carbonyl (C=O) groups is 1. The summed E-state index contributed by atoms with van der Waals surface area (Å²) in [6, 6.07) is 5.21. The second-order valence-electron chi connectivity index (χ2n) is 6.12. The van der Waals surface area contributed by atoms with Crippen LogP contribution in [0, 0.1) is 5.92 Å². The molecule has 1 aromatic rings. The zero-order valence-corrected chi connectivity index (χ0v) is 15.0. The summed E-state index contributed by atoms with van der Waals surface area (Å²) < 4.78 is 11.2. The topological polar surface area (TPSA) is 64.8 Å². The molecule has 130 valence electrons. The highest BCUT2D eigenvalue weighted by molar-refractivity contribution is 5.93. The molecule has 0 bridgehead atoms. The first kappa shape index (κ1) is 19.3. The van der Waals surface area contributed by atoms with E-state index >= 15 is 0 Å². The number of anilines is 1. The summed E-state index contributed by atoms with van der Waals surface area (Å²) in [5.74, 6) is 0.563. The lowest BCUT2D eigenvalue weighted by atomic mass is 9.99.